The fourth-order valence-corrected chi connectivity index (χ4v) is 0.106. The van der Waals surface area contributed by atoms with Crippen LogP contribution < -0.4 is 0 Å². The predicted octanol–water partition coefficient (Wildman–Crippen LogP) is -0.315. The highest BCUT2D eigenvalue weighted by molar-refractivity contribution is 4.19. The Bertz CT molecular complexity index is 262. The van der Waals surface area contributed by atoms with Gasteiger partial charge >= 0.3 is 0 Å². The standard InChI is InChI=1S/C5H14NO/c1-6(2,3)4-5-7/h7H,4-5H2,1-3H3/q+1/i1D3,2D3,3D3,4D2,5+1. The van der Waals surface area contributed by atoms with Crippen molar-refractivity contribution in [2.45, 2.75) is 0 Å². The van der Waals surface area contributed by atoms with Crippen molar-refractivity contribution in [3.05, 3.63) is 0 Å². The number of hydrogen-bond acceptors (Lipinski definition) is 1. The Kier molecular flexibility index (Phi) is 0.276. The van der Waals surface area contributed by atoms with Crippen LogP contribution in [0.3, 0.4) is 0 Å². The Labute approximate surface area is 60.4 Å². The maximum absolute atomic E-state index is 8.88. The Morgan fingerprint density at radius 3 is 2.43 bits per heavy atom. The average molecular weight is 116 g/mol. The fraction of sp³-hybridized carbons (Fsp3) is 1.00. The molecule has 0 atom stereocenters. The molecule has 0 aromatic carbocycles. The molecule has 2 heteroatoms. The van der Waals surface area contributed by atoms with Gasteiger partial charge < -0.3 is 9.59 Å². The van der Waals surface area contributed by atoms with Crippen LogP contribution in [0.5, 0.6) is 0 Å². The van der Waals surface area contributed by atoms with Crippen LogP contribution in [0.2, 0.25) is 0 Å². The third-order valence-electron chi connectivity index (χ3n) is 0.308. The van der Waals surface area contributed by atoms with Gasteiger partial charge in [0, 0.05) is 0 Å². The molecular formula is C5H14NO+. The summed E-state index contributed by atoms with van der Waals surface area (Å²) < 4.78 is 76.2. The number of rotatable bonds is 2. The summed E-state index contributed by atoms with van der Waals surface area (Å²) in [4.78, 5) is 0. The van der Waals surface area contributed by atoms with E-state index in [-0.39, 0.29) is 0 Å². The third-order valence-corrected chi connectivity index (χ3v) is 0.308. The first-order chi connectivity index (χ1) is 7.56. The van der Waals surface area contributed by atoms with Gasteiger partial charge in [0.15, 0.2) is 0 Å². The zero-order valence-corrected chi connectivity index (χ0v) is 3.60. The molecule has 0 heterocycles. The van der Waals surface area contributed by atoms with Crippen molar-refractivity contribution in [2.24, 2.45) is 0 Å². The van der Waals surface area contributed by atoms with Gasteiger partial charge in [0.1, 0.15) is 6.50 Å². The Balaban J connectivity index is 6.47. The van der Waals surface area contributed by atoms with E-state index >= 15 is 0 Å². The highest BCUT2D eigenvalue weighted by Crippen LogP contribution is 1.84. The highest BCUT2D eigenvalue weighted by Gasteiger charge is 2.02. The van der Waals surface area contributed by atoms with E-state index in [1.54, 1.807) is 0 Å². The molecule has 0 fully saturated rings. The van der Waals surface area contributed by atoms with Gasteiger partial charge in [0.05, 0.1) is 42.6 Å². The maximum Gasteiger partial charge on any atom is 0.101 e. The molecule has 0 radical (unpaired) electrons. The molecule has 0 bridgehead atoms. The molecule has 0 aromatic heterocycles. The molecule has 0 spiro atoms. The van der Waals surface area contributed by atoms with Gasteiger partial charge in [0.2, 0.25) is 0 Å². The lowest BCUT2D eigenvalue weighted by Gasteiger charge is -2.21. The van der Waals surface area contributed by atoms with E-state index in [0.717, 1.165) is 0 Å². The maximum atomic E-state index is 8.88. The number of nitrogens with zero attached hydrogens (tertiary/aromatic N) is 1. The summed E-state index contributed by atoms with van der Waals surface area (Å²) in [5, 5.41) is 8.88. The van der Waals surface area contributed by atoms with Gasteiger partial charge in [-0.1, -0.05) is 0 Å². The third kappa shape index (κ3) is 5.92. The molecule has 0 aliphatic heterocycles. The minimum absolute atomic E-state index is 1.55. The molecule has 1 N–H and O–H groups in total. The second-order valence-electron chi connectivity index (χ2n) is 0.987. The van der Waals surface area contributed by atoms with E-state index in [1.807, 2.05) is 0 Å². The Hall–Kier alpha value is -0.0800. The van der Waals surface area contributed by atoms with Crippen LogP contribution in [-0.2, 0) is 0 Å². The molecule has 0 saturated carbocycles. The van der Waals surface area contributed by atoms with Crippen molar-refractivity contribution in [3.8, 4) is 0 Å². The van der Waals surface area contributed by atoms with E-state index < -0.39 is 38.5 Å². The van der Waals surface area contributed by atoms with Crippen LogP contribution >= 0.6 is 0 Å². The van der Waals surface area contributed by atoms with Crippen LogP contribution in [0.15, 0.2) is 0 Å². The topological polar surface area (TPSA) is 20.2 Å². The average Bonchev–Trinajstić information content (AvgIpc) is 1.94. The van der Waals surface area contributed by atoms with Gasteiger partial charge in [-0.15, -0.1) is 0 Å². The van der Waals surface area contributed by atoms with Crippen molar-refractivity contribution >= 4 is 0 Å². The zero-order chi connectivity index (χ0) is 15.2. The summed E-state index contributed by atoms with van der Waals surface area (Å²) in [6, 6.07) is 0. The summed E-state index contributed by atoms with van der Waals surface area (Å²) in [6.07, 6.45) is 0. The van der Waals surface area contributed by atoms with E-state index in [4.69, 9.17) is 20.2 Å². The zero-order valence-electron chi connectivity index (χ0n) is 14.6. The monoisotopic (exact) mass is 116 g/mol. The van der Waals surface area contributed by atoms with E-state index in [2.05, 4.69) is 0 Å². The Morgan fingerprint density at radius 1 is 1.71 bits per heavy atom. The van der Waals surface area contributed by atoms with Crippen molar-refractivity contribution in [1.29, 1.82) is 0 Å². The normalized spacial score (nSPS) is 42.7. The molecule has 44 valence electrons. The van der Waals surface area contributed by atoms with Gasteiger partial charge in [-0.2, -0.15) is 0 Å². The van der Waals surface area contributed by atoms with E-state index in [1.165, 1.54) is 0 Å². The summed E-state index contributed by atoms with van der Waals surface area (Å²) in [6.45, 7) is -16.1. The summed E-state index contributed by atoms with van der Waals surface area (Å²) >= 11 is 0. The lowest BCUT2D eigenvalue weighted by Crippen LogP contribution is -2.36. The van der Waals surface area contributed by atoms with Crippen molar-refractivity contribution in [2.75, 3.05) is 34.0 Å². The lowest BCUT2D eigenvalue weighted by molar-refractivity contribution is -0.870. The molecule has 0 rings (SSSR count). The summed E-state index contributed by atoms with van der Waals surface area (Å²) in [5.41, 5.74) is 0. The quantitative estimate of drug-likeness (QED) is 0.387. The molecule has 0 aliphatic rings. The first kappa shape index (κ1) is 0.847. The second-order valence-corrected chi connectivity index (χ2v) is 0.987. The minimum atomic E-state index is -3.71. The summed E-state index contributed by atoms with van der Waals surface area (Å²) in [5.74, 6) is 0. The van der Waals surface area contributed by atoms with Crippen molar-refractivity contribution < 1.29 is 24.7 Å². The first-order valence-electron chi connectivity index (χ1n) is 7.06. The minimum Gasteiger partial charge on any atom is -0.391 e. The van der Waals surface area contributed by atoms with Gasteiger partial charge in [-0.3, -0.25) is 0 Å². The predicted molar refractivity (Wildman–Crippen MR) is 30.0 cm³/mol. The fourth-order valence-electron chi connectivity index (χ4n) is 0.106. The van der Waals surface area contributed by atoms with E-state index in [0.29, 0.717) is 0 Å². The largest absolute Gasteiger partial charge is 0.391 e. The highest BCUT2D eigenvalue weighted by atomic mass is 16.3. The molecule has 0 saturated heterocycles. The number of aliphatic hydroxyl groups is 1. The molecule has 0 amide bonds. The number of quaternary nitrogens is 1. The smallest absolute Gasteiger partial charge is 0.101 e. The molecule has 0 aromatic rings. The molecular weight excluding hydrogens is 91.1 g/mol. The first-order valence-corrected chi connectivity index (χ1v) is 1.56. The molecule has 0 unspecified atom stereocenters. The number of likely N-dealkylation sites (N-methyl/N-ethyl adjacent to an activating group) is 1. The van der Waals surface area contributed by atoms with Crippen molar-refractivity contribution in [3.63, 3.8) is 0 Å². The van der Waals surface area contributed by atoms with Crippen LogP contribution in [0.1, 0.15) is 15.1 Å². The van der Waals surface area contributed by atoms with Crippen LogP contribution in [-0.4, -0.2) is 43.6 Å². The second kappa shape index (κ2) is 2.28. The van der Waals surface area contributed by atoms with Gasteiger partial charge in [-0.05, 0) is 0 Å². The molecule has 7 heavy (non-hydrogen) atoms. The Morgan fingerprint density at radius 2 is 2.29 bits per heavy atom. The van der Waals surface area contributed by atoms with Crippen LogP contribution in [0.4, 0.5) is 0 Å². The SMILES string of the molecule is [2H]C([2H])([2H])[N+](C([2H])([2H])[2H])(C([2H])([2H])[2H])C([2H])([2H])[13CH2]O. The number of hydrogen-bond donors (Lipinski definition) is 1. The van der Waals surface area contributed by atoms with Crippen LogP contribution in [0, 0.1) is 0 Å². The van der Waals surface area contributed by atoms with Gasteiger partial charge in [0.25, 0.3) is 0 Å². The number of aliphatic hydroxyl groups excluding tert-OH is 1. The summed E-state index contributed by atoms with van der Waals surface area (Å²) in [7, 11) is 0. The lowest BCUT2D eigenvalue weighted by atomic mass is 10.7. The van der Waals surface area contributed by atoms with Gasteiger partial charge in [-0.25, -0.2) is 0 Å². The molecule has 0 aliphatic carbocycles. The van der Waals surface area contributed by atoms with Crippen LogP contribution in [0.25, 0.3) is 0 Å². The molecule has 2 nitrogen and oxygen atoms in total. The van der Waals surface area contributed by atoms with Crippen molar-refractivity contribution in [1.82, 2.24) is 0 Å². The van der Waals surface area contributed by atoms with E-state index in [9.17, 15) is 0 Å².